The van der Waals surface area contributed by atoms with Gasteiger partial charge in [-0.25, -0.2) is 0 Å². The van der Waals surface area contributed by atoms with E-state index in [4.69, 9.17) is 4.65 Å². The van der Waals surface area contributed by atoms with Crippen LogP contribution in [0.4, 0.5) is 0 Å². The summed E-state index contributed by atoms with van der Waals surface area (Å²) in [5.74, 6) is 2.01. The van der Waals surface area contributed by atoms with Gasteiger partial charge in [-0.2, -0.15) is 0 Å². The van der Waals surface area contributed by atoms with Gasteiger partial charge in [-0.3, -0.25) is 0 Å². The van der Waals surface area contributed by atoms with E-state index in [-0.39, 0.29) is 0 Å². The summed E-state index contributed by atoms with van der Waals surface area (Å²) in [4.78, 5) is 0. The maximum Gasteiger partial charge on any atom is 0.302 e. The molecule has 0 aliphatic rings. The molecule has 3 heteroatoms. The SMILES string of the molecule is CC(C)=CBOC(C)(C)C(C)(C)O. The van der Waals surface area contributed by atoms with Crippen LogP contribution < -0.4 is 0 Å². The largest absolute Gasteiger partial charge is 0.427 e. The van der Waals surface area contributed by atoms with E-state index in [1.165, 1.54) is 5.57 Å². The van der Waals surface area contributed by atoms with Crippen molar-refractivity contribution in [3.05, 3.63) is 11.5 Å². The van der Waals surface area contributed by atoms with Gasteiger partial charge in [0.1, 0.15) is 0 Å². The van der Waals surface area contributed by atoms with Crippen molar-refractivity contribution in [3.63, 3.8) is 0 Å². The van der Waals surface area contributed by atoms with Gasteiger partial charge in [0.2, 0.25) is 0 Å². The van der Waals surface area contributed by atoms with Crippen LogP contribution in [0, 0.1) is 0 Å². The minimum absolute atomic E-state index is 0.515. The monoisotopic (exact) mass is 184 g/mol. The number of hydrogen-bond acceptors (Lipinski definition) is 2. The Balaban J connectivity index is 4.12. The van der Waals surface area contributed by atoms with Crippen LogP contribution in [0.15, 0.2) is 11.5 Å². The number of aliphatic hydroxyl groups is 1. The first kappa shape index (κ1) is 12.7. The summed E-state index contributed by atoms with van der Waals surface area (Å²) in [6, 6.07) is 0. The zero-order valence-corrected chi connectivity index (χ0v) is 9.64. The molecule has 0 unspecified atom stereocenters. The molecule has 76 valence electrons. The highest BCUT2D eigenvalue weighted by molar-refractivity contribution is 6.34. The molecule has 0 spiro atoms. The Morgan fingerprint density at radius 1 is 1.23 bits per heavy atom. The highest BCUT2D eigenvalue weighted by atomic mass is 16.5. The first-order valence-corrected chi connectivity index (χ1v) is 4.66. The van der Waals surface area contributed by atoms with Crippen LogP contribution in [0.1, 0.15) is 41.5 Å². The van der Waals surface area contributed by atoms with Crippen molar-refractivity contribution in [2.75, 3.05) is 0 Å². The molecule has 0 radical (unpaired) electrons. The molecule has 0 atom stereocenters. The highest BCUT2D eigenvalue weighted by Crippen LogP contribution is 2.24. The summed E-state index contributed by atoms with van der Waals surface area (Å²) in [5, 5.41) is 9.76. The predicted molar refractivity (Wildman–Crippen MR) is 58.0 cm³/mol. The molecule has 0 fully saturated rings. The van der Waals surface area contributed by atoms with Crippen LogP contribution in [-0.2, 0) is 4.65 Å². The lowest BCUT2D eigenvalue weighted by Gasteiger charge is -2.37. The van der Waals surface area contributed by atoms with E-state index in [0.717, 1.165) is 0 Å². The molecule has 13 heavy (non-hydrogen) atoms. The Bertz CT molecular complexity index is 186. The van der Waals surface area contributed by atoms with Crippen LogP contribution in [0.2, 0.25) is 0 Å². The molecular weight excluding hydrogens is 163 g/mol. The Morgan fingerprint density at radius 3 is 2.00 bits per heavy atom. The van der Waals surface area contributed by atoms with E-state index in [0.29, 0.717) is 7.48 Å². The van der Waals surface area contributed by atoms with E-state index < -0.39 is 11.2 Å². The molecule has 0 aliphatic heterocycles. The second-order valence-corrected chi connectivity index (χ2v) is 4.66. The molecule has 0 aliphatic carbocycles. The lowest BCUT2D eigenvalue weighted by molar-refractivity contribution is -0.0894. The molecule has 0 amide bonds. The summed E-state index contributed by atoms with van der Waals surface area (Å²) in [6.45, 7) is 11.4. The first-order chi connectivity index (χ1) is 5.67. The molecular formula is C10H21BO2. The van der Waals surface area contributed by atoms with E-state index >= 15 is 0 Å². The zero-order chi connectivity index (χ0) is 10.7. The molecule has 0 rings (SSSR count). The summed E-state index contributed by atoms with van der Waals surface area (Å²) in [6.07, 6.45) is 0. The highest BCUT2D eigenvalue weighted by Gasteiger charge is 2.35. The van der Waals surface area contributed by atoms with Gasteiger partial charge >= 0.3 is 7.48 Å². The summed E-state index contributed by atoms with van der Waals surface area (Å²) < 4.78 is 5.58. The fourth-order valence-corrected chi connectivity index (χ4v) is 0.593. The normalized spacial score (nSPS) is 12.5. The Kier molecular flexibility index (Phi) is 4.20. The molecule has 0 aromatic heterocycles. The molecule has 0 saturated heterocycles. The third-order valence-corrected chi connectivity index (χ3v) is 2.41. The standard InChI is InChI=1S/C10H21BO2/c1-8(2)7-11-13-10(5,6)9(3,4)12/h7,11-12H,1-6H3. The molecule has 0 saturated carbocycles. The zero-order valence-electron chi connectivity index (χ0n) is 9.64. The average molecular weight is 184 g/mol. The smallest absolute Gasteiger partial charge is 0.302 e. The average Bonchev–Trinajstić information content (AvgIpc) is 1.82. The summed E-state index contributed by atoms with van der Waals surface area (Å²) in [7, 11) is 0.555. The van der Waals surface area contributed by atoms with Gasteiger partial charge in [0.05, 0.1) is 11.2 Å². The van der Waals surface area contributed by atoms with Gasteiger partial charge in [0.25, 0.3) is 0 Å². The van der Waals surface area contributed by atoms with Gasteiger partial charge in [-0.1, -0.05) is 11.5 Å². The fraction of sp³-hybridized carbons (Fsp3) is 0.800. The minimum Gasteiger partial charge on any atom is -0.427 e. The van der Waals surface area contributed by atoms with E-state index in [2.05, 4.69) is 0 Å². The molecule has 0 heterocycles. The van der Waals surface area contributed by atoms with Crippen LogP contribution in [0.5, 0.6) is 0 Å². The topological polar surface area (TPSA) is 29.5 Å². The molecule has 1 N–H and O–H groups in total. The van der Waals surface area contributed by atoms with Crippen molar-refractivity contribution in [1.29, 1.82) is 0 Å². The first-order valence-electron chi connectivity index (χ1n) is 4.66. The molecule has 0 aromatic carbocycles. The fourth-order valence-electron chi connectivity index (χ4n) is 0.593. The van der Waals surface area contributed by atoms with Gasteiger partial charge in [0, 0.05) is 0 Å². The molecule has 0 aromatic rings. The van der Waals surface area contributed by atoms with Crippen molar-refractivity contribution in [2.24, 2.45) is 0 Å². The third-order valence-electron chi connectivity index (χ3n) is 2.41. The van der Waals surface area contributed by atoms with E-state index in [1.807, 2.05) is 33.7 Å². The van der Waals surface area contributed by atoms with Crippen molar-refractivity contribution >= 4 is 7.48 Å². The van der Waals surface area contributed by atoms with Crippen molar-refractivity contribution in [1.82, 2.24) is 0 Å². The van der Waals surface area contributed by atoms with Crippen molar-refractivity contribution in [3.8, 4) is 0 Å². The van der Waals surface area contributed by atoms with Crippen molar-refractivity contribution < 1.29 is 9.76 Å². The Labute approximate surface area is 82.3 Å². The maximum absolute atomic E-state index is 9.76. The second kappa shape index (κ2) is 4.29. The minimum atomic E-state index is -0.817. The predicted octanol–water partition coefficient (Wildman–Crippen LogP) is 1.83. The molecule has 2 nitrogen and oxygen atoms in total. The summed E-state index contributed by atoms with van der Waals surface area (Å²) in [5.41, 5.74) is -0.104. The van der Waals surface area contributed by atoms with E-state index in [1.54, 1.807) is 13.8 Å². The Morgan fingerprint density at radius 2 is 1.69 bits per heavy atom. The lowest BCUT2D eigenvalue weighted by atomic mass is 9.86. The van der Waals surface area contributed by atoms with Gasteiger partial charge in [0.15, 0.2) is 0 Å². The van der Waals surface area contributed by atoms with Crippen LogP contribution in [0.25, 0.3) is 0 Å². The number of rotatable bonds is 4. The molecule has 0 bridgehead atoms. The van der Waals surface area contributed by atoms with Crippen LogP contribution in [0.3, 0.4) is 0 Å². The van der Waals surface area contributed by atoms with E-state index in [9.17, 15) is 5.11 Å². The lowest BCUT2D eigenvalue weighted by Crippen LogP contribution is -2.47. The number of hydrogen-bond donors (Lipinski definition) is 1. The number of allylic oxidation sites excluding steroid dienone is 1. The van der Waals surface area contributed by atoms with Gasteiger partial charge in [-0.05, 0) is 41.5 Å². The van der Waals surface area contributed by atoms with Crippen molar-refractivity contribution in [2.45, 2.75) is 52.7 Å². The third kappa shape index (κ3) is 4.48. The van der Waals surface area contributed by atoms with Gasteiger partial charge < -0.3 is 9.76 Å². The van der Waals surface area contributed by atoms with Crippen LogP contribution >= 0.6 is 0 Å². The van der Waals surface area contributed by atoms with Gasteiger partial charge in [-0.15, -0.1) is 0 Å². The maximum atomic E-state index is 9.76. The Hall–Kier alpha value is -0.275. The van der Waals surface area contributed by atoms with Crippen LogP contribution in [-0.4, -0.2) is 23.8 Å². The second-order valence-electron chi connectivity index (χ2n) is 4.66. The summed E-state index contributed by atoms with van der Waals surface area (Å²) >= 11 is 0. The quantitative estimate of drug-likeness (QED) is 0.675.